The van der Waals surface area contributed by atoms with E-state index in [0.29, 0.717) is 0 Å². The lowest BCUT2D eigenvalue weighted by atomic mass is 9.91. The predicted octanol–water partition coefficient (Wildman–Crippen LogP) is 5.72. The molecule has 0 fully saturated rings. The summed E-state index contributed by atoms with van der Waals surface area (Å²) in [5, 5.41) is 4.01. The molecule has 0 N–H and O–H groups in total. The summed E-state index contributed by atoms with van der Waals surface area (Å²) in [4.78, 5) is 9.30. The minimum Gasteiger partial charge on any atom is -0.265 e. The molecule has 5 rings (SSSR count). The zero-order valence-electron chi connectivity index (χ0n) is 14.2. The number of aryl methyl sites for hydroxylation is 1. The number of nitrogens with zero attached hydrogens (tertiary/aromatic N) is 2. The minimum atomic E-state index is 1.12. The van der Waals surface area contributed by atoms with E-state index in [9.17, 15) is 0 Å². The van der Waals surface area contributed by atoms with Gasteiger partial charge in [-0.15, -0.1) is 0 Å². The first kappa shape index (κ1) is 14.6. The lowest BCUT2D eigenvalue weighted by Gasteiger charge is -2.17. The maximum Gasteiger partial charge on any atom is 0.0745 e. The second-order valence-corrected chi connectivity index (χ2v) is 6.89. The average molecular weight is 324 g/mol. The van der Waals surface area contributed by atoms with Crippen LogP contribution in [0.3, 0.4) is 0 Å². The fourth-order valence-corrected chi connectivity index (χ4v) is 4.23. The molecule has 0 saturated carbocycles. The first-order valence-corrected chi connectivity index (χ1v) is 9.15. The molecule has 0 saturated heterocycles. The Balaban J connectivity index is 1.92. The first-order chi connectivity index (χ1) is 12.4. The summed E-state index contributed by atoms with van der Waals surface area (Å²) in [7, 11) is 0. The van der Waals surface area contributed by atoms with Gasteiger partial charge in [0.05, 0.1) is 11.2 Å². The van der Waals surface area contributed by atoms with Gasteiger partial charge in [0.25, 0.3) is 0 Å². The molecule has 0 radical (unpaired) electrons. The second-order valence-electron chi connectivity index (χ2n) is 6.89. The number of aromatic nitrogens is 2. The molecule has 1 aliphatic rings. The summed E-state index contributed by atoms with van der Waals surface area (Å²) < 4.78 is 0. The van der Waals surface area contributed by atoms with E-state index in [1.807, 2.05) is 12.4 Å². The topological polar surface area (TPSA) is 25.8 Å². The van der Waals surface area contributed by atoms with E-state index in [0.717, 1.165) is 24.1 Å². The second kappa shape index (κ2) is 5.96. The van der Waals surface area contributed by atoms with Crippen LogP contribution in [0.15, 0.2) is 60.9 Å². The Kier molecular flexibility index (Phi) is 3.48. The molecule has 1 aliphatic carbocycles. The molecule has 0 bridgehead atoms. The highest BCUT2D eigenvalue weighted by Crippen LogP contribution is 2.37. The summed E-state index contributed by atoms with van der Waals surface area (Å²) in [6, 6.07) is 17.3. The van der Waals surface area contributed by atoms with E-state index in [1.54, 1.807) is 0 Å². The third-order valence-corrected chi connectivity index (χ3v) is 5.40. The summed E-state index contributed by atoms with van der Waals surface area (Å²) in [5.41, 5.74) is 6.43. The van der Waals surface area contributed by atoms with E-state index < -0.39 is 0 Å². The molecule has 0 amide bonds. The van der Waals surface area contributed by atoms with Crippen LogP contribution in [-0.2, 0) is 12.8 Å². The molecular formula is C23H20N2. The highest BCUT2D eigenvalue weighted by molar-refractivity contribution is 6.09. The normalized spacial score (nSPS) is 14.4. The van der Waals surface area contributed by atoms with Gasteiger partial charge in [0.15, 0.2) is 0 Å². The highest BCUT2D eigenvalue weighted by Gasteiger charge is 2.19. The van der Waals surface area contributed by atoms with Crippen LogP contribution in [0.5, 0.6) is 0 Å². The maximum absolute atomic E-state index is 5.12. The van der Waals surface area contributed by atoms with Crippen molar-refractivity contribution in [3.63, 3.8) is 0 Å². The summed E-state index contributed by atoms with van der Waals surface area (Å²) in [6.45, 7) is 0. The molecule has 0 spiro atoms. The monoisotopic (exact) mass is 324 g/mol. The highest BCUT2D eigenvalue weighted by atomic mass is 14.7. The third-order valence-electron chi connectivity index (χ3n) is 5.40. The van der Waals surface area contributed by atoms with Crippen LogP contribution >= 0.6 is 0 Å². The summed E-state index contributed by atoms with van der Waals surface area (Å²) in [6.07, 6.45) is 9.83. The zero-order valence-corrected chi connectivity index (χ0v) is 14.2. The zero-order chi connectivity index (χ0) is 16.6. The van der Waals surface area contributed by atoms with Crippen molar-refractivity contribution in [1.29, 1.82) is 0 Å². The van der Waals surface area contributed by atoms with Crippen molar-refractivity contribution in [1.82, 2.24) is 9.97 Å². The number of rotatable bonds is 1. The van der Waals surface area contributed by atoms with Gasteiger partial charge >= 0.3 is 0 Å². The summed E-state index contributed by atoms with van der Waals surface area (Å²) >= 11 is 0. The van der Waals surface area contributed by atoms with E-state index >= 15 is 0 Å². The van der Waals surface area contributed by atoms with E-state index in [-0.39, 0.29) is 0 Å². The van der Waals surface area contributed by atoms with Gasteiger partial charge < -0.3 is 0 Å². The van der Waals surface area contributed by atoms with Crippen molar-refractivity contribution in [3.8, 4) is 11.3 Å². The van der Waals surface area contributed by atoms with Gasteiger partial charge in [0.1, 0.15) is 0 Å². The molecule has 2 heteroatoms. The lowest BCUT2D eigenvalue weighted by Crippen LogP contribution is -2.01. The standard InChI is InChI=1S/C23H20N2/c1-2-8-19-20(9-3-1)23(17-12-14-24-15-13-17)25-21-11-10-16-6-4-5-7-18(16)22(19)21/h4-7,10-15H,1-3,8-9H2. The minimum absolute atomic E-state index is 1.12. The Bertz CT molecular complexity index is 1070. The van der Waals surface area contributed by atoms with Gasteiger partial charge in [-0.1, -0.05) is 36.8 Å². The molecule has 4 aromatic rings. The van der Waals surface area contributed by atoms with Crippen LogP contribution in [0.2, 0.25) is 0 Å². The van der Waals surface area contributed by atoms with Crippen molar-refractivity contribution < 1.29 is 0 Å². The van der Waals surface area contributed by atoms with Crippen LogP contribution < -0.4 is 0 Å². The Morgan fingerprint density at radius 1 is 0.720 bits per heavy atom. The van der Waals surface area contributed by atoms with Crippen molar-refractivity contribution in [2.24, 2.45) is 0 Å². The van der Waals surface area contributed by atoms with Gasteiger partial charge in [-0.2, -0.15) is 0 Å². The van der Waals surface area contributed by atoms with Crippen LogP contribution in [0.25, 0.3) is 32.9 Å². The van der Waals surface area contributed by atoms with E-state index in [1.165, 1.54) is 52.1 Å². The van der Waals surface area contributed by atoms with Gasteiger partial charge in [0.2, 0.25) is 0 Å². The van der Waals surface area contributed by atoms with Crippen molar-refractivity contribution in [2.45, 2.75) is 32.1 Å². The molecule has 0 aliphatic heterocycles. The van der Waals surface area contributed by atoms with Crippen molar-refractivity contribution >= 4 is 21.7 Å². The first-order valence-electron chi connectivity index (χ1n) is 9.15. The molecule has 25 heavy (non-hydrogen) atoms. The number of benzene rings is 2. The van der Waals surface area contributed by atoms with Gasteiger partial charge in [-0.25, -0.2) is 4.98 Å². The number of hydrogen-bond donors (Lipinski definition) is 0. The molecular weight excluding hydrogens is 304 g/mol. The number of pyridine rings is 2. The fourth-order valence-electron chi connectivity index (χ4n) is 4.23. The molecule has 2 heterocycles. The largest absolute Gasteiger partial charge is 0.265 e. The maximum atomic E-state index is 5.12. The third kappa shape index (κ3) is 2.41. The van der Waals surface area contributed by atoms with Crippen LogP contribution in [0.1, 0.15) is 30.4 Å². The average Bonchev–Trinajstić information content (AvgIpc) is 2.94. The van der Waals surface area contributed by atoms with Crippen LogP contribution in [-0.4, -0.2) is 9.97 Å². The Hall–Kier alpha value is -2.74. The summed E-state index contributed by atoms with van der Waals surface area (Å²) in [5.74, 6) is 0. The predicted molar refractivity (Wildman–Crippen MR) is 104 cm³/mol. The quantitative estimate of drug-likeness (QED) is 0.330. The van der Waals surface area contributed by atoms with Crippen molar-refractivity contribution in [3.05, 3.63) is 72.1 Å². The molecule has 0 unspecified atom stereocenters. The lowest BCUT2D eigenvalue weighted by molar-refractivity contribution is 0.712. The van der Waals surface area contributed by atoms with E-state index in [2.05, 4.69) is 53.5 Å². The van der Waals surface area contributed by atoms with Gasteiger partial charge in [-0.3, -0.25) is 4.98 Å². The Morgan fingerprint density at radius 3 is 2.40 bits per heavy atom. The van der Waals surface area contributed by atoms with Crippen LogP contribution in [0.4, 0.5) is 0 Å². The SMILES string of the molecule is c1ccc2c(c1)ccc1nc(-c3ccncc3)c3c(c12)CCCCC3. The van der Waals surface area contributed by atoms with Crippen molar-refractivity contribution in [2.75, 3.05) is 0 Å². The van der Waals surface area contributed by atoms with Gasteiger partial charge in [0, 0.05) is 23.3 Å². The fraction of sp³-hybridized carbons (Fsp3) is 0.217. The van der Waals surface area contributed by atoms with Crippen LogP contribution in [0, 0.1) is 0 Å². The number of hydrogen-bond acceptors (Lipinski definition) is 2. The smallest absolute Gasteiger partial charge is 0.0745 e. The van der Waals surface area contributed by atoms with E-state index in [4.69, 9.17) is 4.98 Å². The van der Waals surface area contributed by atoms with Gasteiger partial charge in [-0.05, 0) is 65.8 Å². The number of fused-ring (bicyclic) bond motifs is 5. The molecule has 2 nitrogen and oxygen atoms in total. The molecule has 2 aromatic heterocycles. The Labute approximate surface area is 147 Å². The molecule has 2 aromatic carbocycles. The molecule has 122 valence electrons. The Morgan fingerprint density at radius 2 is 1.52 bits per heavy atom. The molecule has 0 atom stereocenters.